The van der Waals surface area contributed by atoms with Crippen LogP contribution < -0.4 is 0 Å². The van der Waals surface area contributed by atoms with Crippen LogP contribution in [0.5, 0.6) is 0 Å². The SMILES string of the molecule is O=C(O)C1COCCN1C(=O)[C@@H]1CCCO1. The molecule has 2 heterocycles. The summed E-state index contributed by atoms with van der Waals surface area (Å²) in [6.07, 6.45) is 1.08. The van der Waals surface area contributed by atoms with Gasteiger partial charge < -0.3 is 19.5 Å². The third-order valence-electron chi connectivity index (χ3n) is 2.90. The van der Waals surface area contributed by atoms with E-state index in [1.165, 1.54) is 4.90 Å². The number of carboxylic acid groups (broad SMARTS) is 1. The minimum Gasteiger partial charge on any atom is -0.480 e. The van der Waals surface area contributed by atoms with Gasteiger partial charge in [-0.05, 0) is 12.8 Å². The van der Waals surface area contributed by atoms with Crippen molar-refractivity contribution in [3.8, 4) is 0 Å². The number of rotatable bonds is 2. The lowest BCUT2D eigenvalue weighted by atomic mass is 10.1. The molecule has 6 nitrogen and oxygen atoms in total. The number of aliphatic carboxylic acids is 1. The molecule has 0 radical (unpaired) electrons. The minimum atomic E-state index is -1.02. The van der Waals surface area contributed by atoms with Gasteiger partial charge in [0.15, 0.2) is 6.04 Å². The Bertz CT molecular complexity index is 287. The lowest BCUT2D eigenvalue weighted by Crippen LogP contribution is -2.55. The molecule has 2 atom stereocenters. The molecule has 2 fully saturated rings. The van der Waals surface area contributed by atoms with Crippen molar-refractivity contribution in [3.05, 3.63) is 0 Å². The molecule has 0 aromatic heterocycles. The highest BCUT2D eigenvalue weighted by Crippen LogP contribution is 2.18. The molecule has 0 saturated carbocycles. The molecule has 0 aromatic rings. The van der Waals surface area contributed by atoms with Crippen molar-refractivity contribution in [1.29, 1.82) is 0 Å². The summed E-state index contributed by atoms with van der Waals surface area (Å²) >= 11 is 0. The number of carboxylic acids is 1. The van der Waals surface area contributed by atoms with Crippen molar-refractivity contribution >= 4 is 11.9 Å². The first-order valence-corrected chi connectivity index (χ1v) is 5.43. The molecule has 6 heteroatoms. The molecule has 90 valence electrons. The number of hydrogen-bond donors (Lipinski definition) is 1. The van der Waals surface area contributed by atoms with Crippen LogP contribution in [0.1, 0.15) is 12.8 Å². The monoisotopic (exact) mass is 229 g/mol. The first-order valence-electron chi connectivity index (χ1n) is 5.43. The lowest BCUT2D eigenvalue weighted by Gasteiger charge is -2.34. The number of hydrogen-bond acceptors (Lipinski definition) is 4. The van der Waals surface area contributed by atoms with Crippen molar-refractivity contribution in [3.63, 3.8) is 0 Å². The summed E-state index contributed by atoms with van der Waals surface area (Å²) in [6, 6.07) is -0.870. The van der Waals surface area contributed by atoms with Crippen molar-refractivity contribution < 1.29 is 24.2 Å². The predicted molar refractivity (Wildman–Crippen MR) is 52.9 cm³/mol. The van der Waals surface area contributed by atoms with Gasteiger partial charge in [0.25, 0.3) is 5.91 Å². The van der Waals surface area contributed by atoms with Crippen molar-refractivity contribution in [2.75, 3.05) is 26.4 Å². The molecule has 2 rings (SSSR count). The average Bonchev–Trinajstić information content (AvgIpc) is 2.81. The van der Waals surface area contributed by atoms with E-state index in [9.17, 15) is 9.59 Å². The van der Waals surface area contributed by atoms with Gasteiger partial charge in [0, 0.05) is 13.2 Å². The van der Waals surface area contributed by atoms with E-state index in [0.717, 1.165) is 6.42 Å². The number of ether oxygens (including phenoxy) is 2. The lowest BCUT2D eigenvalue weighted by molar-refractivity contribution is -0.162. The van der Waals surface area contributed by atoms with Crippen LogP contribution in [0.2, 0.25) is 0 Å². The van der Waals surface area contributed by atoms with E-state index in [0.29, 0.717) is 26.2 Å². The van der Waals surface area contributed by atoms with Crippen LogP contribution in [0.4, 0.5) is 0 Å². The van der Waals surface area contributed by atoms with Gasteiger partial charge in [-0.15, -0.1) is 0 Å². The summed E-state index contributed by atoms with van der Waals surface area (Å²) in [5.74, 6) is -1.24. The van der Waals surface area contributed by atoms with Gasteiger partial charge in [0.2, 0.25) is 0 Å². The average molecular weight is 229 g/mol. The zero-order valence-corrected chi connectivity index (χ0v) is 8.92. The van der Waals surface area contributed by atoms with Crippen LogP contribution in [0.3, 0.4) is 0 Å². The highest BCUT2D eigenvalue weighted by Gasteiger charge is 2.37. The van der Waals surface area contributed by atoms with Gasteiger partial charge in [0.05, 0.1) is 13.2 Å². The maximum atomic E-state index is 12.0. The first kappa shape index (κ1) is 11.3. The molecule has 1 unspecified atom stereocenters. The fourth-order valence-electron chi connectivity index (χ4n) is 2.03. The Morgan fingerprint density at radius 1 is 1.31 bits per heavy atom. The van der Waals surface area contributed by atoms with Gasteiger partial charge in [-0.1, -0.05) is 0 Å². The van der Waals surface area contributed by atoms with E-state index < -0.39 is 18.1 Å². The van der Waals surface area contributed by atoms with E-state index in [1.807, 2.05) is 0 Å². The Balaban J connectivity index is 2.04. The highest BCUT2D eigenvalue weighted by molar-refractivity contribution is 5.86. The zero-order valence-electron chi connectivity index (χ0n) is 8.92. The standard InChI is InChI=1S/C10H15NO5/c12-9(8-2-1-4-16-8)11-3-5-15-6-7(11)10(13)14/h7-8H,1-6H2,(H,13,14)/t7?,8-/m0/s1. The van der Waals surface area contributed by atoms with Crippen molar-refractivity contribution in [2.24, 2.45) is 0 Å². The fourth-order valence-corrected chi connectivity index (χ4v) is 2.03. The Kier molecular flexibility index (Phi) is 3.40. The molecule has 1 amide bonds. The largest absolute Gasteiger partial charge is 0.480 e. The van der Waals surface area contributed by atoms with Crippen LogP contribution >= 0.6 is 0 Å². The summed E-state index contributed by atoms with van der Waals surface area (Å²) in [5, 5.41) is 8.99. The van der Waals surface area contributed by atoms with E-state index in [4.69, 9.17) is 14.6 Å². The Hall–Kier alpha value is -1.14. The number of amides is 1. The molecule has 0 spiro atoms. The molecule has 0 aliphatic carbocycles. The molecule has 16 heavy (non-hydrogen) atoms. The number of carbonyl (C=O) groups is 2. The molecule has 0 aromatic carbocycles. The number of morpholine rings is 1. The van der Waals surface area contributed by atoms with Crippen molar-refractivity contribution in [1.82, 2.24) is 4.90 Å². The summed E-state index contributed by atoms with van der Waals surface area (Å²) < 4.78 is 10.3. The van der Waals surface area contributed by atoms with Crippen LogP contribution in [0, 0.1) is 0 Å². The molecule has 2 saturated heterocycles. The van der Waals surface area contributed by atoms with Gasteiger partial charge in [-0.2, -0.15) is 0 Å². The highest BCUT2D eigenvalue weighted by atomic mass is 16.5. The second kappa shape index (κ2) is 4.80. The third kappa shape index (κ3) is 2.17. The normalized spacial score (nSPS) is 30.4. The zero-order chi connectivity index (χ0) is 11.5. The van der Waals surface area contributed by atoms with Crippen LogP contribution in [-0.2, 0) is 19.1 Å². The van der Waals surface area contributed by atoms with E-state index in [1.54, 1.807) is 0 Å². The number of carbonyl (C=O) groups excluding carboxylic acids is 1. The van der Waals surface area contributed by atoms with Gasteiger partial charge in [-0.3, -0.25) is 4.79 Å². The van der Waals surface area contributed by atoms with E-state index in [-0.39, 0.29) is 12.5 Å². The molecular formula is C10H15NO5. The van der Waals surface area contributed by atoms with E-state index in [2.05, 4.69) is 0 Å². The Morgan fingerprint density at radius 2 is 2.12 bits per heavy atom. The molecule has 2 aliphatic rings. The van der Waals surface area contributed by atoms with E-state index >= 15 is 0 Å². The third-order valence-corrected chi connectivity index (χ3v) is 2.90. The summed E-state index contributed by atoms with van der Waals surface area (Å²) in [6.45, 7) is 1.37. The van der Waals surface area contributed by atoms with Crippen LogP contribution in [-0.4, -0.2) is 60.4 Å². The Labute approximate surface area is 93.1 Å². The van der Waals surface area contributed by atoms with Crippen LogP contribution in [0.15, 0.2) is 0 Å². The second-order valence-corrected chi connectivity index (χ2v) is 3.96. The molecular weight excluding hydrogens is 214 g/mol. The summed E-state index contributed by atoms with van der Waals surface area (Å²) in [4.78, 5) is 24.3. The topological polar surface area (TPSA) is 76.1 Å². The smallest absolute Gasteiger partial charge is 0.328 e. The van der Waals surface area contributed by atoms with Gasteiger partial charge in [-0.25, -0.2) is 4.79 Å². The molecule has 0 bridgehead atoms. The molecule has 2 aliphatic heterocycles. The maximum absolute atomic E-state index is 12.0. The minimum absolute atomic E-state index is 0.0633. The quantitative estimate of drug-likeness (QED) is 0.689. The van der Waals surface area contributed by atoms with Gasteiger partial charge in [0.1, 0.15) is 6.10 Å². The Morgan fingerprint density at radius 3 is 2.75 bits per heavy atom. The fraction of sp³-hybridized carbons (Fsp3) is 0.800. The summed E-state index contributed by atoms with van der Waals surface area (Å²) in [5.41, 5.74) is 0. The van der Waals surface area contributed by atoms with Crippen molar-refractivity contribution in [2.45, 2.75) is 25.0 Å². The first-order chi connectivity index (χ1) is 7.70. The number of nitrogens with zero attached hydrogens (tertiary/aromatic N) is 1. The predicted octanol–water partition coefficient (Wildman–Crippen LogP) is -0.523. The van der Waals surface area contributed by atoms with Crippen LogP contribution in [0.25, 0.3) is 0 Å². The molecule has 1 N–H and O–H groups in total. The second-order valence-electron chi connectivity index (χ2n) is 3.96. The summed E-state index contributed by atoms with van der Waals surface area (Å²) in [7, 11) is 0. The maximum Gasteiger partial charge on any atom is 0.328 e. The van der Waals surface area contributed by atoms with Gasteiger partial charge >= 0.3 is 5.97 Å².